The molecule has 0 atom stereocenters. The third-order valence-corrected chi connectivity index (χ3v) is 2.52. The number of aromatic nitrogens is 1. The van der Waals surface area contributed by atoms with E-state index < -0.39 is 17.0 Å². The topological polar surface area (TPSA) is 73.2 Å². The molecule has 0 saturated carbocycles. The fourth-order valence-electron chi connectivity index (χ4n) is 1.77. The lowest BCUT2D eigenvalue weighted by Gasteiger charge is -2.11. The lowest BCUT2D eigenvalue weighted by Crippen LogP contribution is -2.20. The van der Waals surface area contributed by atoms with E-state index in [1.807, 2.05) is 0 Å². The van der Waals surface area contributed by atoms with Gasteiger partial charge in [0.1, 0.15) is 0 Å². The van der Waals surface area contributed by atoms with E-state index in [2.05, 4.69) is 4.98 Å². The molecule has 0 bridgehead atoms. The molecule has 0 amide bonds. The van der Waals surface area contributed by atoms with E-state index >= 15 is 0 Å². The van der Waals surface area contributed by atoms with Gasteiger partial charge in [0.2, 0.25) is 5.39 Å². The Kier molecular flexibility index (Phi) is 2.33. The van der Waals surface area contributed by atoms with Crippen molar-refractivity contribution in [3.63, 3.8) is 0 Å². The zero-order chi connectivity index (χ0) is 11.7. The molecule has 0 saturated heterocycles. The summed E-state index contributed by atoms with van der Waals surface area (Å²) in [7, 11) is 0. The van der Waals surface area contributed by atoms with E-state index in [4.69, 9.17) is 5.39 Å². The zero-order valence-corrected chi connectivity index (χ0v) is 8.67. The average molecular weight is 215 g/mol. The van der Waals surface area contributed by atoms with E-state index in [1.54, 1.807) is 31.2 Å². The maximum atomic E-state index is 11.8. The lowest BCUT2D eigenvalue weighted by atomic mass is 10.2. The van der Waals surface area contributed by atoms with Crippen molar-refractivity contribution in [1.82, 2.24) is 4.57 Å². The van der Waals surface area contributed by atoms with Crippen molar-refractivity contribution in [1.29, 1.82) is 5.39 Å². The van der Waals surface area contributed by atoms with Crippen molar-refractivity contribution in [3.05, 3.63) is 39.6 Å². The van der Waals surface area contributed by atoms with Gasteiger partial charge < -0.3 is 9.67 Å². The van der Waals surface area contributed by atoms with Gasteiger partial charge in [0.15, 0.2) is 4.98 Å². The molecule has 0 aliphatic heterocycles. The van der Waals surface area contributed by atoms with Gasteiger partial charge in [-0.3, -0.25) is 4.79 Å². The summed E-state index contributed by atoms with van der Waals surface area (Å²) in [6.07, 6.45) is 0. The van der Waals surface area contributed by atoms with Crippen molar-refractivity contribution < 1.29 is 5.11 Å². The fourth-order valence-corrected chi connectivity index (χ4v) is 1.77. The van der Waals surface area contributed by atoms with E-state index in [9.17, 15) is 9.90 Å². The molecule has 0 unspecified atom stereocenters. The average Bonchev–Trinajstić information content (AvgIpc) is 2.30. The summed E-state index contributed by atoms with van der Waals surface area (Å²) in [5.41, 5.74) is -0.429. The van der Waals surface area contributed by atoms with Crippen LogP contribution < -0.4 is 10.7 Å². The van der Waals surface area contributed by atoms with Gasteiger partial charge in [0, 0.05) is 12.3 Å². The van der Waals surface area contributed by atoms with E-state index in [0.29, 0.717) is 17.4 Å². The summed E-state index contributed by atoms with van der Waals surface area (Å²) in [5, 5.41) is 20.9. The van der Waals surface area contributed by atoms with Gasteiger partial charge in [-0.15, -0.1) is 0 Å². The summed E-state index contributed by atoms with van der Waals surface area (Å²) in [6.45, 7) is 2.21. The Morgan fingerprint density at radius 2 is 2.12 bits per heavy atom. The minimum absolute atomic E-state index is 0.386. The molecule has 1 heterocycles. The second kappa shape index (κ2) is 3.66. The first kappa shape index (κ1) is 10.2. The highest BCUT2D eigenvalue weighted by Gasteiger charge is 2.19. The van der Waals surface area contributed by atoms with E-state index in [1.165, 1.54) is 4.57 Å². The van der Waals surface area contributed by atoms with Crippen LogP contribution in [-0.2, 0) is 6.54 Å². The molecule has 2 aromatic rings. The number of pyridine rings is 1. The number of aryl methyl sites for hydroxylation is 1. The fraction of sp³-hybridized carbons (Fsp3) is 0.182. The van der Waals surface area contributed by atoms with Crippen LogP contribution in [0.4, 0.5) is 5.69 Å². The maximum absolute atomic E-state index is 11.8. The van der Waals surface area contributed by atoms with Crippen LogP contribution in [0.25, 0.3) is 15.9 Å². The van der Waals surface area contributed by atoms with Crippen molar-refractivity contribution in [2.75, 3.05) is 0 Å². The number of fused-ring (bicyclic) bond motifs is 1. The van der Waals surface area contributed by atoms with Crippen molar-refractivity contribution in [3.8, 4) is 5.75 Å². The first-order chi connectivity index (χ1) is 7.70. The summed E-state index contributed by atoms with van der Waals surface area (Å²) in [4.78, 5) is 14.6. The molecule has 1 aromatic heterocycles. The number of hydrogen-bond acceptors (Lipinski definition) is 3. The van der Waals surface area contributed by atoms with Gasteiger partial charge >= 0.3 is 11.2 Å². The Hall–Kier alpha value is -2.35. The molecule has 0 radical (unpaired) electrons. The molecule has 5 nitrogen and oxygen atoms in total. The van der Waals surface area contributed by atoms with Crippen LogP contribution in [0.2, 0.25) is 0 Å². The lowest BCUT2D eigenvalue weighted by molar-refractivity contribution is -0.264. The number of nitrogens with zero attached hydrogens (tertiary/aromatic N) is 3. The van der Waals surface area contributed by atoms with Crippen LogP contribution in [0.1, 0.15) is 6.92 Å². The third kappa shape index (κ3) is 1.24. The van der Waals surface area contributed by atoms with E-state index in [-0.39, 0.29) is 0 Å². The Morgan fingerprint density at radius 1 is 1.44 bits per heavy atom. The number of rotatable bonds is 1. The van der Waals surface area contributed by atoms with Crippen LogP contribution in [0.5, 0.6) is 5.75 Å². The van der Waals surface area contributed by atoms with Crippen LogP contribution in [0.3, 0.4) is 0 Å². The molecule has 5 heteroatoms. The highest BCUT2D eigenvalue weighted by molar-refractivity contribution is 5.89. The van der Waals surface area contributed by atoms with Gasteiger partial charge in [-0.2, -0.15) is 0 Å². The highest BCUT2D eigenvalue weighted by atomic mass is 16.3. The Morgan fingerprint density at radius 3 is 2.75 bits per heavy atom. The van der Waals surface area contributed by atoms with Gasteiger partial charge in [-0.25, -0.2) is 0 Å². The maximum Gasteiger partial charge on any atom is 0.442 e. The van der Waals surface area contributed by atoms with Crippen LogP contribution >= 0.6 is 0 Å². The first-order valence-corrected chi connectivity index (χ1v) is 4.88. The SMILES string of the molecule is CCn1c(=O)c([N+]#N)c([O-])c2ccccc21. The summed E-state index contributed by atoms with van der Waals surface area (Å²) in [5.74, 6) is -0.534. The summed E-state index contributed by atoms with van der Waals surface area (Å²) >= 11 is 0. The number of diazo groups is 1. The molecule has 0 aliphatic carbocycles. The Labute approximate surface area is 91.2 Å². The van der Waals surface area contributed by atoms with Crippen LogP contribution in [-0.4, -0.2) is 4.57 Å². The molecular formula is C11H9N3O2. The predicted octanol–water partition coefficient (Wildman–Crippen LogP) is 1.58. The minimum Gasteiger partial charge on any atom is -0.866 e. The zero-order valence-electron chi connectivity index (χ0n) is 8.67. The second-order valence-electron chi connectivity index (χ2n) is 3.34. The van der Waals surface area contributed by atoms with Crippen LogP contribution in [0.15, 0.2) is 29.1 Å². The normalized spacial score (nSPS) is 10.2. The quantitative estimate of drug-likeness (QED) is 0.678. The van der Waals surface area contributed by atoms with Gasteiger partial charge in [0.05, 0.1) is 5.52 Å². The van der Waals surface area contributed by atoms with E-state index in [0.717, 1.165) is 0 Å². The Balaban J connectivity index is 3.08. The largest absolute Gasteiger partial charge is 0.866 e. The third-order valence-electron chi connectivity index (χ3n) is 2.52. The van der Waals surface area contributed by atoms with Crippen molar-refractivity contribution >= 4 is 16.6 Å². The molecule has 0 fully saturated rings. The predicted molar refractivity (Wildman–Crippen MR) is 58.1 cm³/mol. The van der Waals surface area contributed by atoms with Gasteiger partial charge in [-0.05, 0) is 18.4 Å². The molecule has 1 aromatic carbocycles. The minimum atomic E-state index is -0.561. The molecular weight excluding hydrogens is 206 g/mol. The molecule has 2 rings (SSSR count). The number of para-hydroxylation sites is 1. The standard InChI is InChI=1S/C11H9N3O2/c1-2-14-8-6-4-3-5-7(8)10(15)9(13-12)11(14)16/h3-6H,2H2,1H3. The molecule has 16 heavy (non-hydrogen) atoms. The number of benzene rings is 1. The Bertz CT molecular complexity index is 653. The highest BCUT2D eigenvalue weighted by Crippen LogP contribution is 2.28. The van der Waals surface area contributed by atoms with Crippen molar-refractivity contribution in [2.45, 2.75) is 13.5 Å². The van der Waals surface area contributed by atoms with Crippen molar-refractivity contribution in [2.24, 2.45) is 0 Å². The summed E-state index contributed by atoms with van der Waals surface area (Å²) in [6, 6.07) is 6.76. The van der Waals surface area contributed by atoms with Gasteiger partial charge in [0.25, 0.3) is 0 Å². The molecule has 0 N–H and O–H groups in total. The number of hydrogen-bond donors (Lipinski definition) is 0. The monoisotopic (exact) mass is 215 g/mol. The first-order valence-electron chi connectivity index (χ1n) is 4.88. The molecule has 0 aliphatic rings. The molecule has 80 valence electrons. The second-order valence-corrected chi connectivity index (χ2v) is 3.34. The molecule has 0 spiro atoms. The van der Waals surface area contributed by atoms with Crippen LogP contribution in [0, 0.1) is 5.39 Å². The smallest absolute Gasteiger partial charge is 0.442 e. The van der Waals surface area contributed by atoms with Gasteiger partial charge in [-0.1, -0.05) is 18.2 Å². The summed E-state index contributed by atoms with van der Waals surface area (Å²) < 4.78 is 1.41.